The van der Waals surface area contributed by atoms with Crippen LogP contribution in [0.4, 0.5) is 5.69 Å². The van der Waals surface area contributed by atoms with E-state index in [1.807, 2.05) is 6.07 Å². The van der Waals surface area contributed by atoms with Crippen LogP contribution in [0.25, 0.3) is 0 Å². The first-order valence-corrected chi connectivity index (χ1v) is 6.00. The number of piperidine rings is 1. The maximum Gasteiger partial charge on any atom is 0.0839 e. The molecule has 0 amide bonds. The Morgan fingerprint density at radius 3 is 2.69 bits per heavy atom. The lowest BCUT2D eigenvalue weighted by Gasteiger charge is -2.28. The molecule has 0 aromatic heterocycles. The van der Waals surface area contributed by atoms with E-state index in [4.69, 9.17) is 17.3 Å². The lowest BCUT2D eigenvalue weighted by molar-refractivity contribution is 0.0896. The van der Waals surface area contributed by atoms with Crippen LogP contribution in [0.15, 0.2) is 18.2 Å². The number of nitrogen functional groups attached to an aromatic ring is 1. The molecule has 1 aromatic rings. The van der Waals surface area contributed by atoms with Gasteiger partial charge in [-0.15, -0.1) is 0 Å². The van der Waals surface area contributed by atoms with Gasteiger partial charge < -0.3 is 16.2 Å². The molecule has 0 bridgehead atoms. The fourth-order valence-electron chi connectivity index (χ4n) is 2.23. The number of benzene rings is 1. The summed E-state index contributed by atoms with van der Waals surface area (Å²) in [4.78, 5) is 0. The third-order valence-electron chi connectivity index (χ3n) is 3.20. The van der Waals surface area contributed by atoms with Gasteiger partial charge in [0.15, 0.2) is 0 Å². The molecule has 1 fully saturated rings. The number of halogens is 1. The van der Waals surface area contributed by atoms with Crippen molar-refractivity contribution in [1.82, 2.24) is 5.32 Å². The van der Waals surface area contributed by atoms with Crippen LogP contribution in [0.1, 0.15) is 24.5 Å². The van der Waals surface area contributed by atoms with Crippen LogP contribution in [-0.4, -0.2) is 18.2 Å². The van der Waals surface area contributed by atoms with Crippen molar-refractivity contribution in [2.75, 3.05) is 18.8 Å². The topological polar surface area (TPSA) is 58.3 Å². The molecule has 1 saturated heterocycles. The molecule has 16 heavy (non-hydrogen) atoms. The molecular formula is C12H17ClN2O. The van der Waals surface area contributed by atoms with Crippen molar-refractivity contribution in [1.29, 1.82) is 0 Å². The van der Waals surface area contributed by atoms with E-state index in [0.29, 0.717) is 16.6 Å². The number of nitrogens with one attached hydrogen (secondary N) is 1. The normalized spacial score (nSPS) is 19.6. The van der Waals surface area contributed by atoms with Gasteiger partial charge in [0.25, 0.3) is 0 Å². The Bertz CT molecular complexity index is 364. The molecule has 0 spiro atoms. The Hall–Kier alpha value is -0.770. The smallest absolute Gasteiger partial charge is 0.0839 e. The van der Waals surface area contributed by atoms with Gasteiger partial charge in [0.2, 0.25) is 0 Å². The molecule has 1 aliphatic rings. The van der Waals surface area contributed by atoms with Crippen molar-refractivity contribution in [3.63, 3.8) is 0 Å². The Labute approximate surface area is 101 Å². The zero-order valence-electron chi connectivity index (χ0n) is 9.12. The molecule has 0 aliphatic carbocycles. The molecule has 2 rings (SSSR count). The van der Waals surface area contributed by atoms with E-state index < -0.39 is 6.10 Å². The zero-order chi connectivity index (χ0) is 11.5. The van der Waals surface area contributed by atoms with E-state index in [2.05, 4.69) is 5.32 Å². The maximum absolute atomic E-state index is 10.3. The second-order valence-corrected chi connectivity index (χ2v) is 4.74. The molecular weight excluding hydrogens is 224 g/mol. The van der Waals surface area contributed by atoms with Crippen molar-refractivity contribution in [3.8, 4) is 0 Å². The minimum Gasteiger partial charge on any atom is -0.398 e. The quantitative estimate of drug-likeness (QED) is 0.693. The monoisotopic (exact) mass is 240 g/mol. The Balaban J connectivity index is 2.15. The van der Waals surface area contributed by atoms with Crippen molar-refractivity contribution < 1.29 is 5.11 Å². The summed E-state index contributed by atoms with van der Waals surface area (Å²) in [6, 6.07) is 5.29. The van der Waals surface area contributed by atoms with Crippen LogP contribution in [-0.2, 0) is 0 Å². The van der Waals surface area contributed by atoms with Crippen LogP contribution in [0, 0.1) is 5.92 Å². The van der Waals surface area contributed by atoms with Gasteiger partial charge in [0.05, 0.1) is 6.10 Å². The summed E-state index contributed by atoms with van der Waals surface area (Å²) in [6.45, 7) is 1.93. The second kappa shape index (κ2) is 5.04. The molecule has 4 N–H and O–H groups in total. The van der Waals surface area contributed by atoms with E-state index in [1.54, 1.807) is 12.1 Å². The summed E-state index contributed by atoms with van der Waals surface area (Å²) in [5.74, 6) is 0.296. The van der Waals surface area contributed by atoms with Crippen LogP contribution in [0.3, 0.4) is 0 Å². The van der Waals surface area contributed by atoms with Crippen molar-refractivity contribution in [2.45, 2.75) is 18.9 Å². The van der Waals surface area contributed by atoms with Gasteiger partial charge >= 0.3 is 0 Å². The molecule has 4 heteroatoms. The number of aliphatic hydroxyl groups excluding tert-OH is 1. The lowest BCUT2D eigenvalue weighted by Crippen LogP contribution is -2.31. The van der Waals surface area contributed by atoms with Crippen molar-refractivity contribution in [2.24, 2.45) is 5.92 Å². The van der Waals surface area contributed by atoms with Gasteiger partial charge in [-0.3, -0.25) is 0 Å². The van der Waals surface area contributed by atoms with Crippen LogP contribution in [0.5, 0.6) is 0 Å². The van der Waals surface area contributed by atoms with E-state index in [-0.39, 0.29) is 0 Å². The summed E-state index contributed by atoms with van der Waals surface area (Å²) < 4.78 is 0. The molecule has 88 valence electrons. The molecule has 0 radical (unpaired) electrons. The number of anilines is 1. The maximum atomic E-state index is 10.3. The van der Waals surface area contributed by atoms with E-state index >= 15 is 0 Å². The predicted octanol–water partition coefficient (Wildman–Crippen LogP) is 1.96. The summed E-state index contributed by atoms with van der Waals surface area (Å²) in [5, 5.41) is 14.2. The van der Waals surface area contributed by atoms with Crippen LogP contribution >= 0.6 is 11.6 Å². The van der Waals surface area contributed by atoms with Gasteiger partial charge in [-0.2, -0.15) is 0 Å². The van der Waals surface area contributed by atoms with Crippen LogP contribution < -0.4 is 11.1 Å². The van der Waals surface area contributed by atoms with E-state index in [9.17, 15) is 5.11 Å². The van der Waals surface area contributed by atoms with Gasteiger partial charge in [-0.05, 0) is 44.0 Å². The summed E-state index contributed by atoms with van der Waals surface area (Å²) in [7, 11) is 0. The molecule has 3 nitrogen and oxygen atoms in total. The number of nitrogens with two attached hydrogens (primary N) is 1. The SMILES string of the molecule is Nc1cc(Cl)ccc1C(O)C1CCNCC1. The highest BCUT2D eigenvalue weighted by Gasteiger charge is 2.24. The minimum absolute atomic E-state index is 0.296. The second-order valence-electron chi connectivity index (χ2n) is 4.31. The van der Waals surface area contributed by atoms with Gasteiger partial charge in [0, 0.05) is 16.3 Å². The summed E-state index contributed by atoms with van der Waals surface area (Å²) in [5.41, 5.74) is 7.25. The molecule has 1 atom stereocenters. The first kappa shape index (κ1) is 11.7. The molecule has 1 aliphatic heterocycles. The fraction of sp³-hybridized carbons (Fsp3) is 0.500. The number of rotatable bonds is 2. The highest BCUT2D eigenvalue weighted by molar-refractivity contribution is 6.30. The van der Waals surface area contributed by atoms with Gasteiger partial charge in [-0.25, -0.2) is 0 Å². The number of hydrogen-bond acceptors (Lipinski definition) is 3. The van der Waals surface area contributed by atoms with Crippen molar-refractivity contribution in [3.05, 3.63) is 28.8 Å². The zero-order valence-corrected chi connectivity index (χ0v) is 9.87. The largest absolute Gasteiger partial charge is 0.398 e. The minimum atomic E-state index is -0.473. The number of hydrogen-bond donors (Lipinski definition) is 3. The van der Waals surface area contributed by atoms with Crippen molar-refractivity contribution >= 4 is 17.3 Å². The Morgan fingerprint density at radius 1 is 1.38 bits per heavy atom. The third kappa shape index (κ3) is 2.48. The summed E-state index contributed by atoms with van der Waals surface area (Å²) >= 11 is 5.84. The predicted molar refractivity (Wildman–Crippen MR) is 66.4 cm³/mol. The highest BCUT2D eigenvalue weighted by Crippen LogP contribution is 2.32. The molecule has 1 unspecified atom stereocenters. The van der Waals surface area contributed by atoms with Gasteiger partial charge in [0.1, 0.15) is 0 Å². The van der Waals surface area contributed by atoms with Crippen LogP contribution in [0.2, 0.25) is 5.02 Å². The molecule has 1 heterocycles. The molecule has 0 saturated carbocycles. The fourth-order valence-corrected chi connectivity index (χ4v) is 2.41. The Kier molecular flexibility index (Phi) is 3.69. The first-order chi connectivity index (χ1) is 7.68. The first-order valence-electron chi connectivity index (χ1n) is 5.62. The lowest BCUT2D eigenvalue weighted by atomic mass is 9.87. The average Bonchev–Trinajstić information content (AvgIpc) is 2.29. The number of aliphatic hydroxyl groups is 1. The standard InChI is InChI=1S/C12H17ClN2O/c13-9-1-2-10(11(14)7-9)12(16)8-3-5-15-6-4-8/h1-2,7-8,12,15-16H,3-6,14H2. The average molecular weight is 241 g/mol. The third-order valence-corrected chi connectivity index (χ3v) is 3.43. The Morgan fingerprint density at radius 2 is 2.06 bits per heavy atom. The van der Waals surface area contributed by atoms with E-state index in [0.717, 1.165) is 31.5 Å². The van der Waals surface area contributed by atoms with E-state index in [1.165, 1.54) is 0 Å². The molecule has 1 aromatic carbocycles. The van der Waals surface area contributed by atoms with Gasteiger partial charge in [-0.1, -0.05) is 17.7 Å². The highest BCUT2D eigenvalue weighted by atomic mass is 35.5. The summed E-state index contributed by atoms with van der Waals surface area (Å²) in [6.07, 6.45) is 1.51.